The Morgan fingerprint density at radius 2 is 1.41 bits per heavy atom. The van der Waals surface area contributed by atoms with Crippen LogP contribution in [0.4, 0.5) is 0 Å². The first-order valence-corrected chi connectivity index (χ1v) is 11.7. The molecule has 0 bridgehead atoms. The van der Waals surface area contributed by atoms with Gasteiger partial charge in [-0.2, -0.15) is 9.78 Å². The maximum atomic E-state index is 13.6. The van der Waals surface area contributed by atoms with Crippen molar-refractivity contribution in [3.63, 3.8) is 0 Å². The summed E-state index contributed by atoms with van der Waals surface area (Å²) in [6, 6.07) is 21.3. The maximum absolute atomic E-state index is 13.6. The van der Waals surface area contributed by atoms with Gasteiger partial charge in [0.05, 0.1) is 36.1 Å². The summed E-state index contributed by atoms with van der Waals surface area (Å²) in [5, 5.41) is 4.40. The molecule has 1 aromatic heterocycles. The number of nitrogens with zero attached hydrogens (tertiary/aromatic N) is 2. The van der Waals surface area contributed by atoms with Crippen LogP contribution < -0.4 is 14.2 Å². The first-order chi connectivity index (χ1) is 16.3. The lowest BCUT2D eigenvalue weighted by molar-refractivity contribution is 0.0717. The molecule has 0 unspecified atom stereocenters. The Labute approximate surface area is 197 Å². The minimum atomic E-state index is -4.05. The van der Waals surface area contributed by atoms with E-state index in [2.05, 4.69) is 5.10 Å². The van der Waals surface area contributed by atoms with E-state index >= 15 is 0 Å². The van der Waals surface area contributed by atoms with Crippen molar-refractivity contribution in [1.82, 2.24) is 9.78 Å². The number of methoxy groups -OCH3 is 2. The molecule has 4 rings (SSSR count). The highest BCUT2D eigenvalue weighted by atomic mass is 32.2. The molecule has 0 aliphatic carbocycles. The number of aromatic nitrogens is 2. The number of ether oxygens (including phenoxy) is 3. The molecule has 0 N–H and O–H groups in total. The molecule has 174 valence electrons. The summed E-state index contributed by atoms with van der Waals surface area (Å²) in [6.07, 6.45) is 0. The predicted octanol–water partition coefficient (Wildman–Crippen LogP) is 4.25. The SMILES string of the molecule is COc1cc(OC)cc(C(=O)Oc2c(S(=O)(=O)c3ccccc3)c(C)nn2-c2ccccc2)c1. The van der Waals surface area contributed by atoms with Crippen LogP contribution in [0.2, 0.25) is 0 Å². The van der Waals surface area contributed by atoms with E-state index in [1.54, 1.807) is 55.5 Å². The van der Waals surface area contributed by atoms with Gasteiger partial charge in [0.2, 0.25) is 15.7 Å². The van der Waals surface area contributed by atoms with Crippen molar-refractivity contribution in [2.24, 2.45) is 0 Å². The summed E-state index contributed by atoms with van der Waals surface area (Å²) in [5.74, 6) is -0.231. The van der Waals surface area contributed by atoms with E-state index in [1.807, 2.05) is 6.07 Å². The molecule has 0 fully saturated rings. The number of aryl methyl sites for hydroxylation is 1. The fourth-order valence-corrected chi connectivity index (χ4v) is 4.96. The van der Waals surface area contributed by atoms with Crippen molar-refractivity contribution in [2.75, 3.05) is 14.2 Å². The number of rotatable bonds is 7. The van der Waals surface area contributed by atoms with Gasteiger partial charge in [-0.05, 0) is 43.3 Å². The molecule has 4 aromatic rings. The predicted molar refractivity (Wildman–Crippen MR) is 125 cm³/mol. The molecule has 0 aliphatic heterocycles. The zero-order valence-corrected chi connectivity index (χ0v) is 19.6. The monoisotopic (exact) mass is 478 g/mol. The van der Waals surface area contributed by atoms with Crippen molar-refractivity contribution >= 4 is 15.8 Å². The number of hydrogen-bond acceptors (Lipinski definition) is 7. The van der Waals surface area contributed by atoms with Crippen molar-refractivity contribution < 1.29 is 27.4 Å². The maximum Gasteiger partial charge on any atom is 0.345 e. The summed E-state index contributed by atoms with van der Waals surface area (Å²) >= 11 is 0. The van der Waals surface area contributed by atoms with Gasteiger partial charge in [-0.3, -0.25) is 0 Å². The lowest BCUT2D eigenvalue weighted by Crippen LogP contribution is -2.14. The van der Waals surface area contributed by atoms with Crippen LogP contribution >= 0.6 is 0 Å². The highest BCUT2D eigenvalue weighted by Gasteiger charge is 2.32. The molecule has 8 nitrogen and oxygen atoms in total. The van der Waals surface area contributed by atoms with Gasteiger partial charge >= 0.3 is 5.97 Å². The molecule has 34 heavy (non-hydrogen) atoms. The van der Waals surface area contributed by atoms with Gasteiger partial charge < -0.3 is 14.2 Å². The first-order valence-electron chi connectivity index (χ1n) is 10.3. The van der Waals surface area contributed by atoms with Crippen LogP contribution in [0.5, 0.6) is 17.4 Å². The molecule has 0 atom stereocenters. The fourth-order valence-electron chi connectivity index (χ4n) is 3.42. The number of carbonyl (C=O) groups is 1. The smallest absolute Gasteiger partial charge is 0.345 e. The molecule has 0 amide bonds. The van der Waals surface area contributed by atoms with Crippen LogP contribution in [-0.2, 0) is 9.84 Å². The third-order valence-corrected chi connectivity index (χ3v) is 6.96. The average molecular weight is 479 g/mol. The zero-order valence-electron chi connectivity index (χ0n) is 18.8. The zero-order chi connectivity index (χ0) is 24.3. The van der Waals surface area contributed by atoms with Gasteiger partial charge in [0.25, 0.3) is 0 Å². The van der Waals surface area contributed by atoms with Gasteiger partial charge in [-0.1, -0.05) is 36.4 Å². The molecule has 1 heterocycles. The second kappa shape index (κ2) is 9.40. The van der Waals surface area contributed by atoms with Crippen molar-refractivity contribution in [2.45, 2.75) is 16.7 Å². The van der Waals surface area contributed by atoms with Crippen molar-refractivity contribution in [3.05, 3.63) is 90.1 Å². The van der Waals surface area contributed by atoms with Crippen LogP contribution in [0, 0.1) is 6.92 Å². The van der Waals surface area contributed by atoms with E-state index < -0.39 is 15.8 Å². The van der Waals surface area contributed by atoms with E-state index in [0.717, 1.165) is 0 Å². The summed E-state index contributed by atoms with van der Waals surface area (Å²) in [5.41, 5.74) is 0.850. The first kappa shape index (κ1) is 23.1. The van der Waals surface area contributed by atoms with Gasteiger partial charge in [-0.25, -0.2) is 13.2 Å². The van der Waals surface area contributed by atoms with Crippen LogP contribution in [0.1, 0.15) is 16.1 Å². The lowest BCUT2D eigenvalue weighted by atomic mass is 10.2. The Morgan fingerprint density at radius 1 is 0.853 bits per heavy atom. The standard InChI is InChI=1S/C25H22N2O6S/c1-17-23(34(29,30)22-12-8-5-9-13-22)24(27(26-17)19-10-6-4-7-11-19)33-25(28)18-14-20(31-2)16-21(15-18)32-3/h4-16H,1-3H3. The Hall–Kier alpha value is -4.11. The van der Waals surface area contributed by atoms with E-state index in [9.17, 15) is 13.2 Å². The summed E-state index contributed by atoms with van der Waals surface area (Å²) < 4.78 is 44.6. The number of hydrogen-bond donors (Lipinski definition) is 0. The van der Waals surface area contributed by atoms with E-state index in [1.165, 1.54) is 43.2 Å². The average Bonchev–Trinajstić information content (AvgIpc) is 3.20. The third kappa shape index (κ3) is 4.38. The van der Waals surface area contributed by atoms with Crippen molar-refractivity contribution in [1.29, 1.82) is 0 Å². The van der Waals surface area contributed by atoms with Crippen LogP contribution in [0.3, 0.4) is 0 Å². The molecule has 0 radical (unpaired) electrons. The summed E-state index contributed by atoms with van der Waals surface area (Å²) in [7, 11) is -1.13. The second-order valence-electron chi connectivity index (χ2n) is 7.27. The molecular formula is C25H22N2O6S. The highest BCUT2D eigenvalue weighted by molar-refractivity contribution is 7.91. The number of esters is 1. The molecule has 0 spiro atoms. The minimum Gasteiger partial charge on any atom is -0.497 e. The largest absolute Gasteiger partial charge is 0.497 e. The van der Waals surface area contributed by atoms with Gasteiger partial charge in [0.15, 0.2) is 4.90 Å². The minimum absolute atomic E-state index is 0.0612. The normalized spacial score (nSPS) is 11.1. The Kier molecular flexibility index (Phi) is 6.38. The van der Waals surface area contributed by atoms with Crippen molar-refractivity contribution in [3.8, 4) is 23.1 Å². The fraction of sp³-hybridized carbons (Fsp3) is 0.120. The highest BCUT2D eigenvalue weighted by Crippen LogP contribution is 2.35. The third-order valence-electron chi connectivity index (χ3n) is 5.06. The van der Waals surface area contributed by atoms with Gasteiger partial charge in [0.1, 0.15) is 11.5 Å². The molecule has 0 saturated carbocycles. The van der Waals surface area contributed by atoms with E-state index in [0.29, 0.717) is 17.2 Å². The summed E-state index contributed by atoms with van der Waals surface area (Å²) in [4.78, 5) is 13.1. The number of sulfone groups is 1. The van der Waals surface area contributed by atoms with Gasteiger partial charge in [-0.15, -0.1) is 0 Å². The quantitative estimate of drug-likeness (QED) is 0.366. The van der Waals surface area contributed by atoms with Crippen LogP contribution in [0.15, 0.2) is 88.7 Å². The number of carbonyl (C=O) groups excluding carboxylic acids is 1. The van der Waals surface area contributed by atoms with E-state index in [4.69, 9.17) is 14.2 Å². The van der Waals surface area contributed by atoms with Crippen LogP contribution in [0.25, 0.3) is 5.69 Å². The topological polar surface area (TPSA) is 96.7 Å². The molecular weight excluding hydrogens is 456 g/mol. The Bertz CT molecular complexity index is 1410. The Morgan fingerprint density at radius 3 is 1.97 bits per heavy atom. The number of benzene rings is 3. The molecule has 9 heteroatoms. The summed E-state index contributed by atoms with van der Waals surface area (Å²) in [6.45, 7) is 1.56. The van der Waals surface area contributed by atoms with Crippen LogP contribution in [-0.4, -0.2) is 38.4 Å². The van der Waals surface area contributed by atoms with E-state index in [-0.39, 0.29) is 26.9 Å². The Balaban J connectivity index is 1.88. The molecule has 3 aromatic carbocycles. The lowest BCUT2D eigenvalue weighted by Gasteiger charge is -2.12. The molecule has 0 saturated heterocycles. The number of para-hydroxylation sites is 1. The molecule has 0 aliphatic rings. The second-order valence-corrected chi connectivity index (χ2v) is 9.16. The van der Waals surface area contributed by atoms with Gasteiger partial charge in [0, 0.05) is 6.07 Å².